The Bertz CT molecular complexity index is 553. The summed E-state index contributed by atoms with van der Waals surface area (Å²) in [5, 5.41) is 10.3. The van der Waals surface area contributed by atoms with Crippen LogP contribution in [0.1, 0.15) is 66.9 Å². The summed E-state index contributed by atoms with van der Waals surface area (Å²) in [5.74, 6) is 1.78. The van der Waals surface area contributed by atoms with Crippen molar-refractivity contribution in [3.8, 4) is 0 Å². The van der Waals surface area contributed by atoms with Gasteiger partial charge in [-0.25, -0.2) is 4.98 Å². The summed E-state index contributed by atoms with van der Waals surface area (Å²) in [6.07, 6.45) is 7.49. The van der Waals surface area contributed by atoms with Crippen molar-refractivity contribution in [2.24, 2.45) is 0 Å². The molecule has 106 valence electrons. The lowest BCUT2D eigenvalue weighted by molar-refractivity contribution is 0.181. The van der Waals surface area contributed by atoms with Crippen LogP contribution in [-0.2, 0) is 0 Å². The van der Waals surface area contributed by atoms with Gasteiger partial charge in [0.2, 0.25) is 5.89 Å². The second-order valence-electron chi connectivity index (χ2n) is 5.71. The van der Waals surface area contributed by atoms with Gasteiger partial charge in [-0.1, -0.05) is 43.5 Å². The molecule has 1 aliphatic rings. The number of benzene rings is 1. The van der Waals surface area contributed by atoms with Crippen LogP contribution in [0.25, 0.3) is 0 Å². The first-order valence-corrected chi connectivity index (χ1v) is 7.44. The van der Waals surface area contributed by atoms with E-state index in [1.807, 2.05) is 19.1 Å². The van der Waals surface area contributed by atoms with E-state index < -0.39 is 6.10 Å². The molecular formula is C17H21NO2. The van der Waals surface area contributed by atoms with E-state index in [-0.39, 0.29) is 0 Å². The highest BCUT2D eigenvalue weighted by molar-refractivity contribution is 5.29. The van der Waals surface area contributed by atoms with Crippen molar-refractivity contribution in [1.29, 1.82) is 0 Å². The van der Waals surface area contributed by atoms with Crippen LogP contribution in [0.4, 0.5) is 0 Å². The van der Waals surface area contributed by atoms with Gasteiger partial charge in [-0.15, -0.1) is 0 Å². The monoisotopic (exact) mass is 271 g/mol. The molecule has 0 aliphatic heterocycles. The van der Waals surface area contributed by atoms with E-state index in [1.165, 1.54) is 37.7 Å². The normalized spacial score (nSPS) is 18.1. The fourth-order valence-electron chi connectivity index (χ4n) is 3.03. The smallest absolute Gasteiger partial charge is 0.227 e. The third kappa shape index (κ3) is 2.78. The van der Waals surface area contributed by atoms with Crippen molar-refractivity contribution >= 4 is 0 Å². The van der Waals surface area contributed by atoms with Crippen molar-refractivity contribution in [3.63, 3.8) is 0 Å². The molecule has 1 heterocycles. The molecule has 0 radical (unpaired) electrons. The number of oxazole rings is 1. The predicted molar refractivity (Wildman–Crippen MR) is 77.6 cm³/mol. The number of hydrogen-bond acceptors (Lipinski definition) is 3. The highest BCUT2D eigenvalue weighted by Gasteiger charge is 2.18. The molecule has 1 N–H and O–H groups in total. The van der Waals surface area contributed by atoms with Gasteiger partial charge >= 0.3 is 0 Å². The molecule has 1 aromatic carbocycles. The van der Waals surface area contributed by atoms with Gasteiger partial charge < -0.3 is 9.52 Å². The molecule has 1 fully saturated rings. The maximum Gasteiger partial charge on any atom is 0.227 e. The molecule has 2 aromatic rings. The molecule has 0 amide bonds. The van der Waals surface area contributed by atoms with Crippen LogP contribution in [0.5, 0.6) is 0 Å². The van der Waals surface area contributed by atoms with Gasteiger partial charge in [0, 0.05) is 0 Å². The summed E-state index contributed by atoms with van der Waals surface area (Å²) in [6, 6.07) is 8.27. The van der Waals surface area contributed by atoms with E-state index in [0.717, 1.165) is 11.3 Å². The first kappa shape index (κ1) is 13.4. The van der Waals surface area contributed by atoms with Crippen molar-refractivity contribution in [2.45, 2.75) is 51.0 Å². The highest BCUT2D eigenvalue weighted by Crippen LogP contribution is 2.33. The van der Waals surface area contributed by atoms with E-state index in [4.69, 9.17) is 4.42 Å². The zero-order valence-corrected chi connectivity index (χ0v) is 11.9. The van der Waals surface area contributed by atoms with Gasteiger partial charge in [-0.3, -0.25) is 0 Å². The van der Waals surface area contributed by atoms with Crippen LogP contribution in [0, 0.1) is 6.92 Å². The Hall–Kier alpha value is -1.61. The van der Waals surface area contributed by atoms with Crippen LogP contribution < -0.4 is 0 Å². The van der Waals surface area contributed by atoms with Crippen molar-refractivity contribution in [1.82, 2.24) is 4.98 Å². The van der Waals surface area contributed by atoms with E-state index >= 15 is 0 Å². The summed E-state index contributed by atoms with van der Waals surface area (Å²) in [4.78, 5) is 4.09. The van der Waals surface area contributed by atoms with Crippen LogP contribution in [0.2, 0.25) is 0 Å². The minimum absolute atomic E-state index is 0.368. The van der Waals surface area contributed by atoms with E-state index in [9.17, 15) is 5.11 Å². The Labute approximate surface area is 119 Å². The van der Waals surface area contributed by atoms with Crippen LogP contribution >= 0.6 is 0 Å². The minimum atomic E-state index is -0.774. The SMILES string of the molecule is Cc1cnc(C(O)c2ccc(C3CCCCC3)cc2)o1. The molecule has 3 heteroatoms. The largest absolute Gasteiger partial charge is 0.443 e. The lowest BCUT2D eigenvalue weighted by Gasteiger charge is -2.22. The summed E-state index contributed by atoms with van der Waals surface area (Å²) < 4.78 is 5.39. The number of rotatable bonds is 3. The summed E-state index contributed by atoms with van der Waals surface area (Å²) in [7, 11) is 0. The van der Waals surface area contributed by atoms with Gasteiger partial charge in [-0.05, 0) is 36.8 Å². The zero-order valence-electron chi connectivity index (χ0n) is 11.9. The number of aliphatic hydroxyl groups excluding tert-OH is 1. The first-order valence-electron chi connectivity index (χ1n) is 7.44. The molecule has 1 unspecified atom stereocenters. The van der Waals surface area contributed by atoms with Gasteiger partial charge in [-0.2, -0.15) is 0 Å². The molecule has 1 aliphatic carbocycles. The third-order valence-corrected chi connectivity index (χ3v) is 4.20. The number of hydrogen-bond donors (Lipinski definition) is 1. The molecule has 3 nitrogen and oxygen atoms in total. The third-order valence-electron chi connectivity index (χ3n) is 4.20. The van der Waals surface area contributed by atoms with Crippen molar-refractivity contribution in [2.75, 3.05) is 0 Å². The first-order chi connectivity index (χ1) is 9.74. The minimum Gasteiger partial charge on any atom is -0.443 e. The Morgan fingerprint density at radius 2 is 1.85 bits per heavy atom. The average molecular weight is 271 g/mol. The van der Waals surface area contributed by atoms with Gasteiger partial charge in [0.15, 0.2) is 6.10 Å². The molecule has 1 atom stereocenters. The molecule has 1 aromatic heterocycles. The Kier molecular flexibility index (Phi) is 3.88. The van der Waals surface area contributed by atoms with Gasteiger partial charge in [0.25, 0.3) is 0 Å². The second-order valence-corrected chi connectivity index (χ2v) is 5.71. The van der Waals surface area contributed by atoms with E-state index in [1.54, 1.807) is 6.20 Å². The topological polar surface area (TPSA) is 46.3 Å². The zero-order chi connectivity index (χ0) is 13.9. The van der Waals surface area contributed by atoms with Crippen LogP contribution in [0.15, 0.2) is 34.9 Å². The molecule has 0 spiro atoms. The Morgan fingerprint density at radius 1 is 1.15 bits per heavy atom. The maximum atomic E-state index is 10.3. The molecule has 0 bridgehead atoms. The fourth-order valence-corrected chi connectivity index (χ4v) is 3.03. The lowest BCUT2D eigenvalue weighted by atomic mass is 9.84. The predicted octanol–water partition coefficient (Wildman–Crippen LogP) is 4.11. The quantitative estimate of drug-likeness (QED) is 0.913. The summed E-state index contributed by atoms with van der Waals surface area (Å²) in [6.45, 7) is 1.83. The number of aliphatic hydroxyl groups is 1. The molecular weight excluding hydrogens is 250 g/mol. The molecule has 0 saturated heterocycles. The lowest BCUT2D eigenvalue weighted by Crippen LogP contribution is -2.05. The molecule has 1 saturated carbocycles. The number of aromatic nitrogens is 1. The molecule has 20 heavy (non-hydrogen) atoms. The average Bonchev–Trinajstić information content (AvgIpc) is 2.94. The summed E-state index contributed by atoms with van der Waals surface area (Å²) >= 11 is 0. The second kappa shape index (κ2) is 5.80. The standard InChI is InChI=1S/C17H21NO2/c1-12-11-18-17(20-12)16(19)15-9-7-14(8-10-15)13-5-3-2-4-6-13/h7-11,13,16,19H,2-6H2,1H3. The highest BCUT2D eigenvalue weighted by atomic mass is 16.4. The van der Waals surface area contributed by atoms with Gasteiger partial charge in [0.05, 0.1) is 6.20 Å². The van der Waals surface area contributed by atoms with E-state index in [0.29, 0.717) is 11.8 Å². The Morgan fingerprint density at radius 3 is 2.45 bits per heavy atom. The Balaban J connectivity index is 1.75. The number of nitrogens with zero attached hydrogens (tertiary/aromatic N) is 1. The van der Waals surface area contributed by atoms with Crippen LogP contribution in [0.3, 0.4) is 0 Å². The maximum absolute atomic E-state index is 10.3. The van der Waals surface area contributed by atoms with E-state index in [2.05, 4.69) is 17.1 Å². The van der Waals surface area contributed by atoms with Crippen molar-refractivity contribution in [3.05, 3.63) is 53.2 Å². The number of aryl methyl sites for hydroxylation is 1. The van der Waals surface area contributed by atoms with Gasteiger partial charge in [0.1, 0.15) is 5.76 Å². The molecule has 3 rings (SSSR count). The van der Waals surface area contributed by atoms with Crippen molar-refractivity contribution < 1.29 is 9.52 Å². The fraction of sp³-hybridized carbons (Fsp3) is 0.471. The summed E-state index contributed by atoms with van der Waals surface area (Å²) in [5.41, 5.74) is 2.23. The van der Waals surface area contributed by atoms with Crippen LogP contribution in [-0.4, -0.2) is 10.1 Å².